The Morgan fingerprint density at radius 2 is 1.78 bits per heavy atom. The molecular formula is C13H22N2O2S. The highest BCUT2D eigenvalue weighted by Gasteiger charge is 2.16. The van der Waals surface area contributed by atoms with Gasteiger partial charge in [0.15, 0.2) is 0 Å². The molecule has 5 heteroatoms. The fraction of sp³-hybridized carbons (Fsp3) is 0.538. The summed E-state index contributed by atoms with van der Waals surface area (Å²) in [5.74, 6) is 0.447. The molecular weight excluding hydrogens is 248 g/mol. The van der Waals surface area contributed by atoms with Gasteiger partial charge in [0.05, 0.1) is 11.9 Å². The molecule has 0 aromatic heterocycles. The first-order chi connectivity index (χ1) is 8.36. The molecule has 4 nitrogen and oxygen atoms in total. The molecule has 18 heavy (non-hydrogen) atoms. The minimum Gasteiger partial charge on any atom is -0.318 e. The van der Waals surface area contributed by atoms with Crippen LogP contribution in [0.5, 0.6) is 0 Å². The van der Waals surface area contributed by atoms with Crippen molar-refractivity contribution in [2.45, 2.75) is 19.8 Å². The minimum absolute atomic E-state index is 0.441. The second-order valence-electron chi connectivity index (χ2n) is 4.68. The van der Waals surface area contributed by atoms with Crippen molar-refractivity contribution >= 4 is 15.7 Å². The Kier molecular flexibility index (Phi) is 5.16. The van der Waals surface area contributed by atoms with Crippen molar-refractivity contribution in [2.75, 3.05) is 30.7 Å². The molecule has 0 saturated heterocycles. The fourth-order valence-electron chi connectivity index (χ4n) is 1.73. The lowest BCUT2D eigenvalue weighted by atomic mass is 10.0. The number of hydrogen-bond acceptors (Lipinski definition) is 3. The highest BCUT2D eigenvalue weighted by Crippen LogP contribution is 2.21. The smallest absolute Gasteiger partial charge is 0.232 e. The lowest BCUT2D eigenvalue weighted by molar-refractivity contribution is 0.595. The summed E-state index contributed by atoms with van der Waals surface area (Å²) in [5.41, 5.74) is 1.93. The van der Waals surface area contributed by atoms with Crippen molar-refractivity contribution in [2.24, 2.45) is 0 Å². The standard InChI is InChI=1S/C13H22N2O2S/c1-11(2)12-5-7-13(8-6-12)15(10-9-14-3)18(4,16)17/h5-8,11,14H,9-10H2,1-4H3. The summed E-state index contributed by atoms with van der Waals surface area (Å²) in [4.78, 5) is 0. The van der Waals surface area contributed by atoms with Gasteiger partial charge in [-0.25, -0.2) is 8.42 Å². The van der Waals surface area contributed by atoms with E-state index in [1.165, 1.54) is 16.1 Å². The van der Waals surface area contributed by atoms with Crippen LogP contribution in [0.2, 0.25) is 0 Å². The van der Waals surface area contributed by atoms with Crippen LogP contribution < -0.4 is 9.62 Å². The second-order valence-corrected chi connectivity index (χ2v) is 6.59. The van der Waals surface area contributed by atoms with Crippen molar-refractivity contribution in [3.63, 3.8) is 0 Å². The number of rotatable bonds is 6. The van der Waals surface area contributed by atoms with Gasteiger partial charge in [0.25, 0.3) is 0 Å². The lowest BCUT2D eigenvalue weighted by Crippen LogP contribution is -2.35. The van der Waals surface area contributed by atoms with Gasteiger partial charge in [-0.2, -0.15) is 0 Å². The quantitative estimate of drug-likeness (QED) is 0.857. The Morgan fingerprint density at radius 1 is 1.22 bits per heavy atom. The molecule has 1 aromatic carbocycles. The van der Waals surface area contributed by atoms with Crippen LogP contribution in [0.4, 0.5) is 5.69 Å². The molecule has 102 valence electrons. The molecule has 0 aliphatic rings. The van der Waals surface area contributed by atoms with E-state index in [0.717, 1.165) is 5.69 Å². The summed E-state index contributed by atoms with van der Waals surface area (Å²) in [7, 11) is -1.42. The van der Waals surface area contributed by atoms with E-state index < -0.39 is 10.0 Å². The van der Waals surface area contributed by atoms with Crippen LogP contribution in [0.1, 0.15) is 25.3 Å². The van der Waals surface area contributed by atoms with E-state index in [4.69, 9.17) is 0 Å². The van der Waals surface area contributed by atoms with Gasteiger partial charge in [0.2, 0.25) is 10.0 Å². The van der Waals surface area contributed by atoms with E-state index in [1.807, 2.05) is 31.3 Å². The van der Waals surface area contributed by atoms with E-state index in [-0.39, 0.29) is 0 Å². The average molecular weight is 270 g/mol. The Hall–Kier alpha value is -1.07. The number of nitrogens with one attached hydrogen (secondary N) is 1. The van der Waals surface area contributed by atoms with Gasteiger partial charge >= 0.3 is 0 Å². The summed E-state index contributed by atoms with van der Waals surface area (Å²) in [5, 5.41) is 2.96. The van der Waals surface area contributed by atoms with E-state index in [2.05, 4.69) is 19.2 Å². The number of anilines is 1. The lowest BCUT2D eigenvalue weighted by Gasteiger charge is -2.22. The zero-order chi connectivity index (χ0) is 13.8. The summed E-state index contributed by atoms with van der Waals surface area (Å²) in [6, 6.07) is 7.70. The van der Waals surface area contributed by atoms with E-state index in [1.54, 1.807) is 0 Å². The molecule has 0 unspecified atom stereocenters. The monoisotopic (exact) mass is 270 g/mol. The summed E-state index contributed by atoms with van der Waals surface area (Å²) >= 11 is 0. The zero-order valence-electron chi connectivity index (χ0n) is 11.5. The Bertz CT molecular complexity index is 466. The van der Waals surface area contributed by atoms with Crippen LogP contribution in [0.3, 0.4) is 0 Å². The fourth-order valence-corrected chi connectivity index (χ4v) is 2.65. The Labute approximate surface area is 110 Å². The predicted octanol–water partition coefficient (Wildman–Crippen LogP) is 1.80. The Morgan fingerprint density at radius 3 is 2.17 bits per heavy atom. The molecule has 0 atom stereocenters. The molecule has 0 aliphatic heterocycles. The van der Waals surface area contributed by atoms with E-state index in [0.29, 0.717) is 19.0 Å². The third kappa shape index (κ3) is 3.99. The molecule has 1 N–H and O–H groups in total. The highest BCUT2D eigenvalue weighted by atomic mass is 32.2. The third-order valence-corrected chi connectivity index (χ3v) is 4.01. The number of likely N-dealkylation sites (N-methyl/N-ethyl adjacent to an activating group) is 1. The van der Waals surface area contributed by atoms with Crippen molar-refractivity contribution in [1.29, 1.82) is 0 Å². The zero-order valence-corrected chi connectivity index (χ0v) is 12.3. The first-order valence-corrected chi connectivity index (χ1v) is 7.93. The van der Waals surface area contributed by atoms with Gasteiger partial charge in [0.1, 0.15) is 0 Å². The largest absolute Gasteiger partial charge is 0.318 e. The van der Waals surface area contributed by atoms with Gasteiger partial charge in [-0.05, 0) is 30.7 Å². The van der Waals surface area contributed by atoms with Crippen LogP contribution >= 0.6 is 0 Å². The van der Waals surface area contributed by atoms with Crippen LogP contribution in [0.15, 0.2) is 24.3 Å². The van der Waals surface area contributed by atoms with Crippen molar-refractivity contribution < 1.29 is 8.42 Å². The maximum Gasteiger partial charge on any atom is 0.232 e. The number of benzene rings is 1. The number of hydrogen-bond donors (Lipinski definition) is 1. The average Bonchev–Trinajstić information content (AvgIpc) is 2.28. The van der Waals surface area contributed by atoms with Crippen molar-refractivity contribution in [1.82, 2.24) is 5.32 Å². The summed E-state index contributed by atoms with van der Waals surface area (Å²) in [6.07, 6.45) is 1.24. The van der Waals surface area contributed by atoms with Gasteiger partial charge in [-0.15, -0.1) is 0 Å². The molecule has 0 amide bonds. The summed E-state index contributed by atoms with van der Waals surface area (Å²) < 4.78 is 24.9. The van der Waals surface area contributed by atoms with Gasteiger partial charge < -0.3 is 5.32 Å². The van der Waals surface area contributed by atoms with Crippen LogP contribution in [-0.2, 0) is 10.0 Å². The maximum atomic E-state index is 11.8. The van der Waals surface area contributed by atoms with Crippen LogP contribution in [0, 0.1) is 0 Å². The van der Waals surface area contributed by atoms with Gasteiger partial charge in [-0.1, -0.05) is 26.0 Å². The molecule has 0 spiro atoms. The van der Waals surface area contributed by atoms with Gasteiger partial charge in [0, 0.05) is 13.1 Å². The summed E-state index contributed by atoms with van der Waals surface area (Å²) in [6.45, 7) is 5.30. The molecule has 0 saturated carbocycles. The first kappa shape index (κ1) is 15.0. The molecule has 1 aromatic rings. The number of sulfonamides is 1. The third-order valence-electron chi connectivity index (χ3n) is 2.81. The first-order valence-electron chi connectivity index (χ1n) is 6.08. The highest BCUT2D eigenvalue weighted by molar-refractivity contribution is 7.92. The molecule has 0 radical (unpaired) electrons. The maximum absolute atomic E-state index is 11.8. The molecule has 0 heterocycles. The minimum atomic E-state index is -3.23. The molecule has 0 bridgehead atoms. The SMILES string of the molecule is CNCCN(c1ccc(C(C)C)cc1)S(C)(=O)=O. The van der Waals surface area contributed by atoms with Crippen LogP contribution in [-0.4, -0.2) is 34.8 Å². The van der Waals surface area contributed by atoms with Crippen molar-refractivity contribution in [3.8, 4) is 0 Å². The van der Waals surface area contributed by atoms with Crippen molar-refractivity contribution in [3.05, 3.63) is 29.8 Å². The normalized spacial score (nSPS) is 11.8. The van der Waals surface area contributed by atoms with Crippen LogP contribution in [0.25, 0.3) is 0 Å². The predicted molar refractivity (Wildman–Crippen MR) is 76.6 cm³/mol. The molecule has 0 fully saturated rings. The topological polar surface area (TPSA) is 49.4 Å². The van der Waals surface area contributed by atoms with E-state index >= 15 is 0 Å². The second kappa shape index (κ2) is 6.20. The Balaban J connectivity index is 2.99. The molecule has 1 rings (SSSR count). The number of nitrogens with zero attached hydrogens (tertiary/aromatic N) is 1. The van der Waals surface area contributed by atoms with Gasteiger partial charge in [-0.3, -0.25) is 4.31 Å². The molecule has 0 aliphatic carbocycles. The van der Waals surface area contributed by atoms with E-state index in [9.17, 15) is 8.42 Å².